The molecule has 0 amide bonds. The first-order chi connectivity index (χ1) is 8.48. The highest BCUT2D eigenvalue weighted by molar-refractivity contribution is 5.34. The van der Waals surface area contributed by atoms with Gasteiger partial charge in [0.05, 0.1) is 7.11 Å². The molecule has 0 aliphatic heterocycles. The van der Waals surface area contributed by atoms with Crippen LogP contribution in [0, 0.1) is 11.2 Å². The van der Waals surface area contributed by atoms with Crippen molar-refractivity contribution in [3.05, 3.63) is 29.6 Å². The molecule has 18 heavy (non-hydrogen) atoms. The van der Waals surface area contributed by atoms with Gasteiger partial charge < -0.3 is 15.2 Å². The van der Waals surface area contributed by atoms with E-state index in [0.29, 0.717) is 12.2 Å². The summed E-state index contributed by atoms with van der Waals surface area (Å²) in [5.41, 5.74) is 0.721. The number of benzene rings is 1. The number of methoxy groups -OCH3 is 1. The number of rotatable bonds is 7. The van der Waals surface area contributed by atoms with E-state index < -0.39 is 0 Å². The molecule has 0 heterocycles. The molecule has 0 saturated heterocycles. The number of ether oxygens (including phenoxy) is 1. The highest BCUT2D eigenvalue weighted by atomic mass is 19.1. The molecule has 102 valence electrons. The van der Waals surface area contributed by atoms with Crippen molar-refractivity contribution in [3.63, 3.8) is 0 Å². The van der Waals surface area contributed by atoms with Gasteiger partial charge >= 0.3 is 0 Å². The second-order valence-corrected chi connectivity index (χ2v) is 5.21. The Kier molecular flexibility index (Phi) is 5.56. The smallest absolute Gasteiger partial charge is 0.123 e. The first kappa shape index (κ1) is 14.9. The maximum Gasteiger partial charge on any atom is 0.123 e. The Morgan fingerprint density at radius 2 is 2.11 bits per heavy atom. The highest BCUT2D eigenvalue weighted by Crippen LogP contribution is 2.19. The van der Waals surface area contributed by atoms with Crippen LogP contribution in [0.25, 0.3) is 0 Å². The number of aliphatic hydroxyl groups excluding tert-OH is 1. The largest absolute Gasteiger partial charge is 0.496 e. The second-order valence-electron chi connectivity index (χ2n) is 5.21. The minimum atomic E-state index is -0.249. The van der Waals surface area contributed by atoms with Gasteiger partial charge in [-0.1, -0.05) is 13.8 Å². The Morgan fingerprint density at radius 3 is 2.72 bits per heavy atom. The van der Waals surface area contributed by atoms with E-state index in [9.17, 15) is 4.39 Å². The molecular weight excluding hydrogens is 233 g/mol. The molecule has 0 saturated carbocycles. The average molecular weight is 255 g/mol. The molecule has 2 N–H and O–H groups in total. The van der Waals surface area contributed by atoms with Crippen LogP contribution in [0.5, 0.6) is 5.75 Å². The molecule has 1 aromatic rings. The van der Waals surface area contributed by atoms with Crippen molar-refractivity contribution in [1.82, 2.24) is 5.32 Å². The molecule has 0 radical (unpaired) electrons. The van der Waals surface area contributed by atoms with Crippen LogP contribution in [0.4, 0.5) is 4.39 Å². The molecule has 0 aliphatic carbocycles. The molecule has 0 unspecified atom stereocenters. The summed E-state index contributed by atoms with van der Waals surface area (Å²) >= 11 is 0. The van der Waals surface area contributed by atoms with Crippen LogP contribution < -0.4 is 10.1 Å². The lowest BCUT2D eigenvalue weighted by molar-refractivity contribution is 0.157. The Morgan fingerprint density at radius 1 is 1.39 bits per heavy atom. The van der Waals surface area contributed by atoms with Crippen molar-refractivity contribution in [3.8, 4) is 5.75 Å². The molecule has 0 spiro atoms. The van der Waals surface area contributed by atoms with E-state index in [-0.39, 0.29) is 17.8 Å². The molecule has 0 fully saturated rings. The number of nitrogens with one attached hydrogen (secondary N) is 1. The summed E-state index contributed by atoms with van der Waals surface area (Å²) in [6.45, 7) is 5.57. The van der Waals surface area contributed by atoms with E-state index in [1.807, 2.05) is 13.8 Å². The van der Waals surface area contributed by atoms with E-state index in [1.54, 1.807) is 13.2 Å². The lowest BCUT2D eigenvalue weighted by Gasteiger charge is -2.22. The van der Waals surface area contributed by atoms with Gasteiger partial charge in [0.1, 0.15) is 11.6 Å². The summed E-state index contributed by atoms with van der Waals surface area (Å²) in [4.78, 5) is 0. The molecule has 0 aliphatic rings. The van der Waals surface area contributed by atoms with Gasteiger partial charge in [-0.05, 0) is 36.7 Å². The minimum Gasteiger partial charge on any atom is -0.496 e. The second kappa shape index (κ2) is 6.71. The third kappa shape index (κ3) is 4.63. The summed E-state index contributed by atoms with van der Waals surface area (Å²) in [6.07, 6.45) is 0.697. The number of halogens is 1. The van der Waals surface area contributed by atoms with Gasteiger partial charge in [-0.2, -0.15) is 0 Å². The molecular formula is C14H22FNO2. The predicted molar refractivity (Wildman–Crippen MR) is 70.4 cm³/mol. The fraction of sp³-hybridized carbons (Fsp3) is 0.571. The van der Waals surface area contributed by atoms with Crippen molar-refractivity contribution >= 4 is 0 Å². The normalized spacial score (nSPS) is 11.6. The van der Waals surface area contributed by atoms with Crippen LogP contribution in [0.1, 0.15) is 19.4 Å². The summed E-state index contributed by atoms with van der Waals surface area (Å²) in [7, 11) is 1.58. The molecule has 0 bridgehead atoms. The van der Waals surface area contributed by atoms with Crippen molar-refractivity contribution in [2.45, 2.75) is 20.3 Å². The van der Waals surface area contributed by atoms with Crippen LogP contribution >= 0.6 is 0 Å². The number of aliphatic hydroxyl groups is 1. The van der Waals surface area contributed by atoms with E-state index in [0.717, 1.165) is 18.7 Å². The third-order valence-electron chi connectivity index (χ3n) is 2.85. The van der Waals surface area contributed by atoms with Crippen LogP contribution in [-0.4, -0.2) is 31.9 Å². The molecule has 4 heteroatoms. The Balaban J connectivity index is 2.46. The lowest BCUT2D eigenvalue weighted by Crippen LogP contribution is -2.33. The third-order valence-corrected chi connectivity index (χ3v) is 2.85. The van der Waals surface area contributed by atoms with Gasteiger partial charge in [0, 0.05) is 18.6 Å². The van der Waals surface area contributed by atoms with Crippen molar-refractivity contribution in [1.29, 1.82) is 0 Å². The van der Waals surface area contributed by atoms with E-state index >= 15 is 0 Å². The SMILES string of the molecule is COc1ccc(F)cc1CCNCC(C)(C)CO. The van der Waals surface area contributed by atoms with Crippen LogP contribution in [0.2, 0.25) is 0 Å². The van der Waals surface area contributed by atoms with E-state index in [4.69, 9.17) is 9.84 Å². The minimum absolute atomic E-state index is 0.133. The summed E-state index contributed by atoms with van der Waals surface area (Å²) in [5.74, 6) is 0.459. The van der Waals surface area contributed by atoms with Crippen LogP contribution in [-0.2, 0) is 6.42 Å². The van der Waals surface area contributed by atoms with Crippen molar-refractivity contribution < 1.29 is 14.2 Å². The maximum absolute atomic E-state index is 13.1. The fourth-order valence-corrected chi connectivity index (χ4v) is 1.65. The fourth-order valence-electron chi connectivity index (χ4n) is 1.65. The van der Waals surface area contributed by atoms with Gasteiger partial charge in [0.25, 0.3) is 0 Å². The monoisotopic (exact) mass is 255 g/mol. The van der Waals surface area contributed by atoms with Gasteiger partial charge in [0.15, 0.2) is 0 Å². The van der Waals surface area contributed by atoms with Crippen LogP contribution in [0.15, 0.2) is 18.2 Å². The van der Waals surface area contributed by atoms with Gasteiger partial charge in [-0.3, -0.25) is 0 Å². The van der Waals surface area contributed by atoms with E-state index in [2.05, 4.69) is 5.32 Å². The Hall–Kier alpha value is -1.13. The lowest BCUT2D eigenvalue weighted by atomic mass is 9.95. The molecule has 0 atom stereocenters. The summed E-state index contributed by atoms with van der Waals surface area (Å²) < 4.78 is 18.3. The predicted octanol–water partition coefficient (Wildman–Crippen LogP) is 1.98. The van der Waals surface area contributed by atoms with Gasteiger partial charge in [-0.15, -0.1) is 0 Å². The number of hydrogen-bond acceptors (Lipinski definition) is 3. The standard InChI is InChI=1S/C14H22FNO2/c1-14(2,10-17)9-16-7-6-11-8-12(15)4-5-13(11)18-3/h4-5,8,16-17H,6-7,9-10H2,1-3H3. The first-order valence-electron chi connectivity index (χ1n) is 6.12. The Labute approximate surface area is 108 Å². The van der Waals surface area contributed by atoms with Crippen molar-refractivity contribution in [2.75, 3.05) is 26.8 Å². The molecule has 1 aromatic carbocycles. The topological polar surface area (TPSA) is 41.5 Å². The van der Waals surface area contributed by atoms with Crippen molar-refractivity contribution in [2.24, 2.45) is 5.41 Å². The zero-order valence-electron chi connectivity index (χ0n) is 11.3. The quantitative estimate of drug-likeness (QED) is 0.732. The summed E-state index contributed by atoms with van der Waals surface area (Å²) in [5, 5.41) is 12.4. The zero-order chi connectivity index (χ0) is 13.6. The number of hydrogen-bond donors (Lipinski definition) is 2. The van der Waals surface area contributed by atoms with E-state index in [1.165, 1.54) is 12.1 Å². The van der Waals surface area contributed by atoms with Crippen LogP contribution in [0.3, 0.4) is 0 Å². The zero-order valence-corrected chi connectivity index (χ0v) is 11.3. The molecule has 0 aromatic heterocycles. The summed E-state index contributed by atoms with van der Waals surface area (Å²) in [6, 6.07) is 4.53. The maximum atomic E-state index is 13.1. The first-order valence-corrected chi connectivity index (χ1v) is 6.12. The Bertz CT molecular complexity index is 380. The van der Waals surface area contributed by atoms with Gasteiger partial charge in [-0.25, -0.2) is 4.39 Å². The van der Waals surface area contributed by atoms with Gasteiger partial charge in [0.2, 0.25) is 0 Å². The molecule has 1 rings (SSSR count). The molecule has 3 nitrogen and oxygen atoms in total. The highest BCUT2D eigenvalue weighted by Gasteiger charge is 2.15. The average Bonchev–Trinajstić information content (AvgIpc) is 2.35.